The maximum Gasteiger partial charge on any atom is 0.295 e. The van der Waals surface area contributed by atoms with Gasteiger partial charge in [-0.2, -0.15) is 0 Å². The number of rotatable bonds is 7. The lowest BCUT2D eigenvalue weighted by atomic mass is 9.94. The fraction of sp³-hybridized carbons (Fsp3) is 0.407. The van der Waals surface area contributed by atoms with E-state index in [4.69, 9.17) is 9.47 Å². The molecule has 186 valence electrons. The largest absolute Gasteiger partial charge is 0.508 e. The highest BCUT2D eigenvalue weighted by Crippen LogP contribution is 2.40. The second kappa shape index (κ2) is 10.5. The van der Waals surface area contributed by atoms with Crippen LogP contribution in [-0.4, -0.2) is 77.2 Å². The summed E-state index contributed by atoms with van der Waals surface area (Å²) in [5.41, 5.74) is 1.93. The lowest BCUT2D eigenvalue weighted by Gasteiger charge is -2.31. The van der Waals surface area contributed by atoms with Crippen molar-refractivity contribution in [2.75, 3.05) is 39.4 Å². The number of Topliss-reactive ketones (excluding diaryl/α,β-unsaturated/α-hetero) is 1. The zero-order valence-corrected chi connectivity index (χ0v) is 20.4. The molecule has 2 aromatic carbocycles. The van der Waals surface area contributed by atoms with Gasteiger partial charge >= 0.3 is 0 Å². The van der Waals surface area contributed by atoms with Gasteiger partial charge in [-0.05, 0) is 62.2 Å². The molecule has 2 heterocycles. The van der Waals surface area contributed by atoms with Crippen LogP contribution in [0.15, 0.2) is 48.0 Å². The standard InChI is InChI=1S/C27H32N2O6/c1-17(2)35-22-9-6-20(16-18(22)3)25(31)23-24(19-4-7-21(30)8-5-19)29(27(33)26(23)32)11-10-28-12-14-34-15-13-28/h4-9,16-17,24,30-31H,10-15H2,1-3H3/t24-/m0/s1. The number of aliphatic hydroxyl groups excluding tert-OH is 1. The molecule has 8 heteroatoms. The second-order valence-electron chi connectivity index (χ2n) is 9.18. The fourth-order valence-corrected chi connectivity index (χ4v) is 4.53. The predicted molar refractivity (Wildman–Crippen MR) is 131 cm³/mol. The van der Waals surface area contributed by atoms with Gasteiger partial charge in [-0.3, -0.25) is 14.5 Å². The van der Waals surface area contributed by atoms with Gasteiger partial charge in [0.15, 0.2) is 0 Å². The van der Waals surface area contributed by atoms with Crippen LogP contribution < -0.4 is 4.74 Å². The molecule has 0 bridgehead atoms. The van der Waals surface area contributed by atoms with Crippen LogP contribution in [0.2, 0.25) is 0 Å². The monoisotopic (exact) mass is 480 g/mol. The minimum Gasteiger partial charge on any atom is -0.508 e. The first kappa shape index (κ1) is 24.8. The molecule has 2 aromatic rings. The maximum atomic E-state index is 13.2. The number of carbonyl (C=O) groups excluding carboxylic acids is 2. The van der Waals surface area contributed by atoms with E-state index in [1.807, 2.05) is 20.8 Å². The number of benzene rings is 2. The van der Waals surface area contributed by atoms with Crippen LogP contribution in [0.5, 0.6) is 11.5 Å². The molecular weight excluding hydrogens is 448 g/mol. The fourth-order valence-electron chi connectivity index (χ4n) is 4.53. The van der Waals surface area contributed by atoms with Crippen LogP contribution >= 0.6 is 0 Å². The molecule has 8 nitrogen and oxygen atoms in total. The van der Waals surface area contributed by atoms with E-state index in [2.05, 4.69) is 4.90 Å². The third kappa shape index (κ3) is 5.33. The van der Waals surface area contributed by atoms with E-state index in [1.165, 1.54) is 17.0 Å². The molecule has 0 spiro atoms. The number of hydrogen-bond acceptors (Lipinski definition) is 7. The van der Waals surface area contributed by atoms with Crippen LogP contribution in [0, 0.1) is 6.92 Å². The van der Waals surface area contributed by atoms with E-state index >= 15 is 0 Å². The van der Waals surface area contributed by atoms with Gasteiger partial charge in [0.25, 0.3) is 11.7 Å². The summed E-state index contributed by atoms with van der Waals surface area (Å²) in [6.45, 7) is 9.44. The molecule has 0 aliphatic carbocycles. The molecule has 0 radical (unpaired) electrons. The first-order chi connectivity index (χ1) is 16.8. The van der Waals surface area contributed by atoms with Crippen LogP contribution in [0.3, 0.4) is 0 Å². The Bertz CT molecular complexity index is 1120. The Morgan fingerprint density at radius 2 is 1.77 bits per heavy atom. The molecule has 1 atom stereocenters. The normalized spacial score (nSPS) is 20.6. The van der Waals surface area contributed by atoms with Crippen molar-refractivity contribution in [3.05, 3.63) is 64.7 Å². The molecule has 1 amide bonds. The summed E-state index contributed by atoms with van der Waals surface area (Å²) in [7, 11) is 0. The van der Waals surface area contributed by atoms with Gasteiger partial charge in [-0.25, -0.2) is 0 Å². The third-order valence-electron chi connectivity index (χ3n) is 6.32. The number of aryl methyl sites for hydroxylation is 1. The SMILES string of the molecule is Cc1cc(C(O)=C2C(=O)C(=O)N(CCN3CCOCC3)[C@H]2c2ccc(O)cc2)ccc1OC(C)C. The minimum absolute atomic E-state index is 0.000524. The number of hydrogen-bond donors (Lipinski definition) is 2. The van der Waals surface area contributed by atoms with E-state index in [9.17, 15) is 19.8 Å². The van der Waals surface area contributed by atoms with Crippen molar-refractivity contribution in [1.82, 2.24) is 9.80 Å². The van der Waals surface area contributed by atoms with Crippen LogP contribution in [0.25, 0.3) is 5.76 Å². The van der Waals surface area contributed by atoms with Gasteiger partial charge in [0.05, 0.1) is 30.9 Å². The average molecular weight is 481 g/mol. The number of aromatic hydroxyl groups is 1. The van der Waals surface area contributed by atoms with Gasteiger partial charge in [0.1, 0.15) is 17.3 Å². The van der Waals surface area contributed by atoms with Gasteiger partial charge in [0, 0.05) is 31.7 Å². The number of likely N-dealkylation sites (tertiary alicyclic amines) is 1. The van der Waals surface area contributed by atoms with Gasteiger partial charge in [0.2, 0.25) is 0 Å². The number of carbonyl (C=O) groups is 2. The quantitative estimate of drug-likeness (QED) is 0.357. The number of ketones is 1. The summed E-state index contributed by atoms with van der Waals surface area (Å²) in [6, 6.07) is 10.8. The Kier molecular flexibility index (Phi) is 7.42. The Morgan fingerprint density at radius 3 is 2.40 bits per heavy atom. The molecule has 0 unspecified atom stereocenters. The topological polar surface area (TPSA) is 99.5 Å². The van der Waals surface area contributed by atoms with E-state index in [0.29, 0.717) is 43.2 Å². The van der Waals surface area contributed by atoms with Crippen molar-refractivity contribution in [2.24, 2.45) is 0 Å². The molecule has 35 heavy (non-hydrogen) atoms. The summed E-state index contributed by atoms with van der Waals surface area (Å²) in [5, 5.41) is 21.1. The molecule has 2 N–H and O–H groups in total. The molecular formula is C27H32N2O6. The molecule has 2 aliphatic heterocycles. The van der Waals surface area contributed by atoms with Crippen molar-refractivity contribution < 1.29 is 29.3 Å². The smallest absolute Gasteiger partial charge is 0.295 e. The molecule has 0 aromatic heterocycles. The number of phenols is 1. The van der Waals surface area contributed by atoms with E-state index in [0.717, 1.165) is 18.7 Å². The number of amides is 1. The van der Waals surface area contributed by atoms with Crippen LogP contribution in [-0.2, 0) is 14.3 Å². The number of ether oxygens (including phenoxy) is 2. The van der Waals surface area contributed by atoms with E-state index < -0.39 is 17.7 Å². The van der Waals surface area contributed by atoms with Gasteiger partial charge in [-0.1, -0.05) is 12.1 Å². The van der Waals surface area contributed by atoms with Crippen molar-refractivity contribution in [1.29, 1.82) is 0 Å². The lowest BCUT2D eigenvalue weighted by molar-refractivity contribution is -0.140. The predicted octanol–water partition coefficient (Wildman–Crippen LogP) is 3.24. The zero-order chi connectivity index (χ0) is 25.1. The number of nitrogens with zero attached hydrogens (tertiary/aromatic N) is 2. The number of phenolic OH excluding ortho intramolecular Hbond substituents is 1. The van der Waals surface area contributed by atoms with Crippen LogP contribution in [0.1, 0.15) is 36.6 Å². The molecule has 0 saturated carbocycles. The highest BCUT2D eigenvalue weighted by atomic mass is 16.5. The summed E-state index contributed by atoms with van der Waals surface area (Å²) in [4.78, 5) is 30.0. The number of aliphatic hydroxyl groups is 1. The summed E-state index contributed by atoms with van der Waals surface area (Å²) < 4.78 is 11.2. The van der Waals surface area contributed by atoms with E-state index in [-0.39, 0.29) is 23.2 Å². The van der Waals surface area contributed by atoms with Gasteiger partial charge in [-0.15, -0.1) is 0 Å². The zero-order valence-electron chi connectivity index (χ0n) is 20.4. The molecule has 2 saturated heterocycles. The highest BCUT2D eigenvalue weighted by molar-refractivity contribution is 6.46. The van der Waals surface area contributed by atoms with Gasteiger partial charge < -0.3 is 24.6 Å². The molecule has 2 fully saturated rings. The van der Waals surface area contributed by atoms with Crippen molar-refractivity contribution >= 4 is 17.4 Å². The second-order valence-corrected chi connectivity index (χ2v) is 9.18. The van der Waals surface area contributed by atoms with Crippen molar-refractivity contribution in [2.45, 2.75) is 32.9 Å². The molecule has 4 rings (SSSR count). The Labute approximate surface area is 205 Å². The Morgan fingerprint density at radius 1 is 1.09 bits per heavy atom. The Hall–Kier alpha value is -3.36. The Balaban J connectivity index is 1.72. The first-order valence-corrected chi connectivity index (χ1v) is 11.9. The first-order valence-electron chi connectivity index (χ1n) is 11.9. The van der Waals surface area contributed by atoms with Crippen molar-refractivity contribution in [3.8, 4) is 11.5 Å². The minimum atomic E-state index is -0.761. The summed E-state index contributed by atoms with van der Waals surface area (Å²) in [5.74, 6) is -0.820. The maximum absolute atomic E-state index is 13.2. The average Bonchev–Trinajstić information content (AvgIpc) is 3.09. The summed E-state index contributed by atoms with van der Waals surface area (Å²) in [6.07, 6.45) is -0.000524. The van der Waals surface area contributed by atoms with Crippen LogP contribution in [0.4, 0.5) is 0 Å². The third-order valence-corrected chi connectivity index (χ3v) is 6.32. The molecule has 2 aliphatic rings. The van der Waals surface area contributed by atoms with E-state index in [1.54, 1.807) is 30.3 Å². The highest BCUT2D eigenvalue weighted by Gasteiger charge is 2.46. The van der Waals surface area contributed by atoms with Crippen molar-refractivity contribution in [3.63, 3.8) is 0 Å². The summed E-state index contributed by atoms with van der Waals surface area (Å²) >= 11 is 0. The number of morpholine rings is 1. The lowest BCUT2D eigenvalue weighted by Crippen LogP contribution is -2.42.